The third kappa shape index (κ3) is 1.78. The van der Waals surface area contributed by atoms with Crippen molar-refractivity contribution in [1.29, 1.82) is 0 Å². The Bertz CT molecular complexity index is 275. The van der Waals surface area contributed by atoms with Crippen molar-refractivity contribution < 1.29 is 4.79 Å². The maximum absolute atomic E-state index is 11.7. The number of nitrogens with one attached hydrogen (secondary N) is 1. The van der Waals surface area contributed by atoms with Gasteiger partial charge in [0.1, 0.15) is 0 Å². The molecule has 4 heteroatoms. The van der Waals surface area contributed by atoms with E-state index < -0.39 is 0 Å². The van der Waals surface area contributed by atoms with Crippen LogP contribution in [0, 0.1) is 5.92 Å². The Labute approximate surface area is 76.9 Å². The summed E-state index contributed by atoms with van der Waals surface area (Å²) < 4.78 is 1.43. The Morgan fingerprint density at radius 1 is 1.62 bits per heavy atom. The Kier molecular flexibility index (Phi) is 2.40. The molecular weight excluding hydrogens is 166 g/mol. The minimum absolute atomic E-state index is 0.105. The SMILES string of the molecule is O=C(C1CCCNC1)n1cccn1. The lowest BCUT2D eigenvalue weighted by Gasteiger charge is -2.20. The zero-order chi connectivity index (χ0) is 9.10. The summed E-state index contributed by atoms with van der Waals surface area (Å²) in [6.07, 6.45) is 5.40. The molecule has 2 rings (SSSR count). The summed E-state index contributed by atoms with van der Waals surface area (Å²) in [5, 5.41) is 7.15. The molecule has 0 aromatic carbocycles. The average Bonchev–Trinajstić information content (AvgIpc) is 2.71. The van der Waals surface area contributed by atoms with E-state index in [1.807, 2.05) is 0 Å². The van der Waals surface area contributed by atoms with Crippen LogP contribution < -0.4 is 5.32 Å². The maximum atomic E-state index is 11.7. The summed E-state index contributed by atoms with van der Waals surface area (Å²) in [4.78, 5) is 11.7. The predicted molar refractivity (Wildman–Crippen MR) is 48.4 cm³/mol. The van der Waals surface area contributed by atoms with E-state index in [0.29, 0.717) is 0 Å². The van der Waals surface area contributed by atoms with Crippen LogP contribution in [0.3, 0.4) is 0 Å². The second-order valence-electron chi connectivity index (χ2n) is 3.33. The first-order valence-corrected chi connectivity index (χ1v) is 4.62. The van der Waals surface area contributed by atoms with Gasteiger partial charge in [0.2, 0.25) is 0 Å². The van der Waals surface area contributed by atoms with Crippen molar-refractivity contribution in [3.8, 4) is 0 Å². The monoisotopic (exact) mass is 179 g/mol. The second kappa shape index (κ2) is 3.70. The van der Waals surface area contributed by atoms with E-state index in [9.17, 15) is 4.79 Å². The molecule has 1 aliphatic heterocycles. The fraction of sp³-hybridized carbons (Fsp3) is 0.556. The third-order valence-corrected chi connectivity index (χ3v) is 2.38. The molecule has 13 heavy (non-hydrogen) atoms. The molecule has 0 spiro atoms. The summed E-state index contributed by atoms with van der Waals surface area (Å²) in [5.74, 6) is 0.214. The molecule has 0 saturated carbocycles. The molecule has 70 valence electrons. The van der Waals surface area contributed by atoms with E-state index >= 15 is 0 Å². The van der Waals surface area contributed by atoms with Crippen molar-refractivity contribution in [3.05, 3.63) is 18.5 Å². The van der Waals surface area contributed by atoms with Gasteiger partial charge in [-0.05, 0) is 25.5 Å². The Morgan fingerprint density at radius 2 is 2.54 bits per heavy atom. The van der Waals surface area contributed by atoms with Gasteiger partial charge in [-0.1, -0.05) is 0 Å². The molecule has 0 amide bonds. The summed E-state index contributed by atoms with van der Waals surface area (Å²) in [7, 11) is 0. The molecule has 1 aliphatic rings. The quantitative estimate of drug-likeness (QED) is 0.683. The highest BCUT2D eigenvalue weighted by atomic mass is 16.2. The first kappa shape index (κ1) is 8.44. The third-order valence-electron chi connectivity index (χ3n) is 2.38. The number of carbonyl (C=O) groups excluding carboxylic acids is 1. The number of hydrogen-bond donors (Lipinski definition) is 1. The van der Waals surface area contributed by atoms with Crippen molar-refractivity contribution in [2.75, 3.05) is 13.1 Å². The van der Waals surface area contributed by atoms with Crippen LogP contribution in [0.25, 0.3) is 0 Å². The smallest absolute Gasteiger partial charge is 0.251 e. The van der Waals surface area contributed by atoms with Crippen LogP contribution in [0.1, 0.15) is 17.6 Å². The van der Waals surface area contributed by atoms with Crippen molar-refractivity contribution in [2.45, 2.75) is 12.8 Å². The van der Waals surface area contributed by atoms with Gasteiger partial charge in [-0.3, -0.25) is 4.79 Å². The van der Waals surface area contributed by atoms with E-state index in [2.05, 4.69) is 10.4 Å². The molecule has 0 radical (unpaired) electrons. The van der Waals surface area contributed by atoms with Crippen LogP contribution in [0.15, 0.2) is 18.5 Å². The standard InChI is InChI=1S/C9H13N3O/c13-9(12-6-2-5-11-12)8-3-1-4-10-7-8/h2,5-6,8,10H,1,3-4,7H2. The summed E-state index contributed by atoms with van der Waals surface area (Å²) in [5.41, 5.74) is 0. The van der Waals surface area contributed by atoms with Gasteiger partial charge in [-0.2, -0.15) is 5.10 Å². The van der Waals surface area contributed by atoms with E-state index in [0.717, 1.165) is 25.9 Å². The van der Waals surface area contributed by atoms with Crippen molar-refractivity contribution in [2.24, 2.45) is 5.92 Å². The summed E-state index contributed by atoms with van der Waals surface area (Å²) in [6.45, 7) is 1.82. The molecule has 4 nitrogen and oxygen atoms in total. The van der Waals surface area contributed by atoms with Crippen LogP contribution in [0.4, 0.5) is 0 Å². The minimum Gasteiger partial charge on any atom is -0.316 e. The fourth-order valence-corrected chi connectivity index (χ4v) is 1.65. The Hall–Kier alpha value is -1.16. The zero-order valence-corrected chi connectivity index (χ0v) is 7.44. The Morgan fingerprint density at radius 3 is 3.15 bits per heavy atom. The highest BCUT2D eigenvalue weighted by Crippen LogP contribution is 2.11. The maximum Gasteiger partial charge on any atom is 0.251 e. The largest absolute Gasteiger partial charge is 0.316 e. The van der Waals surface area contributed by atoms with Crippen LogP contribution >= 0.6 is 0 Å². The van der Waals surface area contributed by atoms with Gasteiger partial charge >= 0.3 is 0 Å². The first-order valence-electron chi connectivity index (χ1n) is 4.62. The van der Waals surface area contributed by atoms with Gasteiger partial charge < -0.3 is 5.32 Å². The van der Waals surface area contributed by atoms with Crippen molar-refractivity contribution in [3.63, 3.8) is 0 Å². The van der Waals surface area contributed by atoms with Gasteiger partial charge in [0, 0.05) is 18.9 Å². The molecular formula is C9H13N3O. The molecule has 0 bridgehead atoms. The Balaban J connectivity index is 2.04. The number of aromatic nitrogens is 2. The molecule has 1 saturated heterocycles. The topological polar surface area (TPSA) is 46.9 Å². The second-order valence-corrected chi connectivity index (χ2v) is 3.33. The van der Waals surface area contributed by atoms with E-state index in [4.69, 9.17) is 0 Å². The van der Waals surface area contributed by atoms with Gasteiger partial charge in [0.25, 0.3) is 5.91 Å². The lowest BCUT2D eigenvalue weighted by atomic mass is 9.99. The van der Waals surface area contributed by atoms with E-state index in [-0.39, 0.29) is 11.8 Å². The average molecular weight is 179 g/mol. The normalized spacial score (nSPS) is 22.9. The lowest BCUT2D eigenvalue weighted by molar-refractivity contribution is 0.0795. The molecule has 1 atom stereocenters. The first-order chi connectivity index (χ1) is 6.38. The lowest BCUT2D eigenvalue weighted by Crippen LogP contribution is -2.36. The highest BCUT2D eigenvalue weighted by Gasteiger charge is 2.22. The zero-order valence-electron chi connectivity index (χ0n) is 7.44. The van der Waals surface area contributed by atoms with Gasteiger partial charge in [0.05, 0.1) is 5.92 Å². The number of piperidine rings is 1. The molecule has 1 aromatic rings. The summed E-state index contributed by atoms with van der Waals surface area (Å²) in [6, 6.07) is 1.77. The molecule has 1 unspecified atom stereocenters. The molecule has 1 fully saturated rings. The predicted octanol–water partition coefficient (Wildman–Crippen LogP) is 0.523. The molecule has 1 N–H and O–H groups in total. The van der Waals surface area contributed by atoms with Crippen molar-refractivity contribution >= 4 is 5.91 Å². The van der Waals surface area contributed by atoms with Crippen LogP contribution in [0.5, 0.6) is 0 Å². The number of carbonyl (C=O) groups is 1. The van der Waals surface area contributed by atoms with Gasteiger partial charge in [0.15, 0.2) is 0 Å². The number of hydrogen-bond acceptors (Lipinski definition) is 3. The molecule has 0 aliphatic carbocycles. The number of nitrogens with zero attached hydrogens (tertiary/aromatic N) is 2. The van der Waals surface area contributed by atoms with E-state index in [1.54, 1.807) is 18.5 Å². The van der Waals surface area contributed by atoms with Gasteiger partial charge in [-0.15, -0.1) is 0 Å². The number of rotatable bonds is 1. The molecule has 2 heterocycles. The van der Waals surface area contributed by atoms with E-state index in [1.165, 1.54) is 4.68 Å². The minimum atomic E-state index is 0.105. The summed E-state index contributed by atoms with van der Waals surface area (Å²) >= 11 is 0. The highest BCUT2D eigenvalue weighted by molar-refractivity contribution is 5.80. The molecule has 1 aromatic heterocycles. The van der Waals surface area contributed by atoms with Crippen molar-refractivity contribution in [1.82, 2.24) is 15.1 Å². The van der Waals surface area contributed by atoms with Gasteiger partial charge in [-0.25, -0.2) is 4.68 Å². The van der Waals surface area contributed by atoms with Crippen LogP contribution in [0.2, 0.25) is 0 Å². The fourth-order valence-electron chi connectivity index (χ4n) is 1.65. The van der Waals surface area contributed by atoms with Crippen LogP contribution in [-0.2, 0) is 0 Å². The van der Waals surface area contributed by atoms with Crippen LogP contribution in [-0.4, -0.2) is 28.8 Å².